The monoisotopic (exact) mass is 364 g/mol. The minimum atomic E-state index is -0.762. The van der Waals surface area contributed by atoms with Gasteiger partial charge in [0, 0.05) is 12.8 Å². The molecule has 2 heterocycles. The molecule has 5 nitrogen and oxygen atoms in total. The summed E-state index contributed by atoms with van der Waals surface area (Å²) in [4.78, 5) is 30.6. The minimum absolute atomic E-state index is 0.0696. The van der Waals surface area contributed by atoms with Gasteiger partial charge in [0.25, 0.3) is 5.91 Å². The Hall–Kier alpha value is -1.60. The summed E-state index contributed by atoms with van der Waals surface area (Å²) in [6.07, 6.45) is 0.0776. The van der Waals surface area contributed by atoms with Gasteiger partial charge < -0.3 is 9.64 Å². The van der Waals surface area contributed by atoms with E-state index in [9.17, 15) is 9.59 Å². The predicted molar refractivity (Wildman–Crippen MR) is 97.1 cm³/mol. The van der Waals surface area contributed by atoms with Crippen molar-refractivity contribution in [2.75, 3.05) is 18.6 Å². The average Bonchev–Trinajstić information content (AvgIpc) is 3.22. The third-order valence-electron chi connectivity index (χ3n) is 3.99. The number of carbonyl (C=O) groups excluding carboxylic acids is 2. The number of ether oxygens (including phenoxy) is 1. The third-order valence-corrected chi connectivity index (χ3v) is 6.17. The minimum Gasteiger partial charge on any atom is -0.452 e. The molecule has 2 atom stereocenters. The third kappa shape index (κ3) is 3.89. The van der Waals surface area contributed by atoms with Crippen molar-refractivity contribution >= 4 is 45.2 Å². The second-order valence-electron chi connectivity index (χ2n) is 5.91. The number of fused-ring (bicyclic) bond motifs is 1. The molecule has 0 N–H and O–H groups in total. The average molecular weight is 364 g/mol. The summed E-state index contributed by atoms with van der Waals surface area (Å²) in [5.74, 6) is 1.25. The van der Waals surface area contributed by atoms with Gasteiger partial charge >= 0.3 is 5.97 Å². The lowest BCUT2D eigenvalue weighted by Gasteiger charge is -2.21. The Bertz CT molecular complexity index is 707. The first-order chi connectivity index (χ1) is 11.5. The normalized spacial score (nSPS) is 18.5. The molecule has 128 valence electrons. The molecule has 1 aliphatic heterocycles. The molecule has 7 heteroatoms. The maximum Gasteiger partial charge on any atom is 0.310 e. The summed E-state index contributed by atoms with van der Waals surface area (Å²) in [5.41, 5.74) is 0.941. The predicted octanol–water partition coefficient (Wildman–Crippen LogP) is 2.94. The molecule has 1 fully saturated rings. The van der Waals surface area contributed by atoms with Gasteiger partial charge in [0.1, 0.15) is 5.01 Å². The van der Waals surface area contributed by atoms with E-state index in [1.54, 1.807) is 42.0 Å². The number of aromatic nitrogens is 1. The van der Waals surface area contributed by atoms with Crippen LogP contribution in [0.4, 0.5) is 0 Å². The van der Waals surface area contributed by atoms with Gasteiger partial charge in [-0.05, 0) is 31.2 Å². The second kappa shape index (κ2) is 7.53. The van der Waals surface area contributed by atoms with Crippen LogP contribution in [0.25, 0.3) is 10.2 Å². The van der Waals surface area contributed by atoms with Crippen LogP contribution in [-0.2, 0) is 20.9 Å². The van der Waals surface area contributed by atoms with Crippen LogP contribution in [0.3, 0.4) is 0 Å². The molecule has 0 spiro atoms. The fourth-order valence-corrected chi connectivity index (χ4v) is 4.85. The van der Waals surface area contributed by atoms with E-state index in [0.717, 1.165) is 33.2 Å². The Kier molecular flexibility index (Phi) is 5.40. The lowest BCUT2D eigenvalue weighted by Crippen LogP contribution is -2.38. The summed E-state index contributed by atoms with van der Waals surface area (Å²) in [5, 5.41) is 0.873. The molecule has 3 rings (SSSR count). The van der Waals surface area contributed by atoms with Crippen LogP contribution in [0.5, 0.6) is 0 Å². The zero-order chi connectivity index (χ0) is 17.1. The summed E-state index contributed by atoms with van der Waals surface area (Å²) in [6.45, 7) is 2.05. The maximum absolute atomic E-state index is 12.4. The van der Waals surface area contributed by atoms with E-state index in [4.69, 9.17) is 4.74 Å². The van der Waals surface area contributed by atoms with E-state index < -0.39 is 6.10 Å². The van der Waals surface area contributed by atoms with Crippen LogP contribution in [0.15, 0.2) is 24.3 Å². The number of hydrogen-bond acceptors (Lipinski definition) is 6. The highest BCUT2D eigenvalue weighted by molar-refractivity contribution is 7.99. The van der Waals surface area contributed by atoms with Crippen LogP contribution in [0.1, 0.15) is 18.4 Å². The van der Waals surface area contributed by atoms with Crippen molar-refractivity contribution in [3.05, 3.63) is 29.3 Å². The van der Waals surface area contributed by atoms with Crippen LogP contribution >= 0.6 is 23.1 Å². The van der Waals surface area contributed by atoms with Crippen LogP contribution in [0.2, 0.25) is 0 Å². The van der Waals surface area contributed by atoms with Crippen LogP contribution in [0, 0.1) is 5.92 Å². The standard InChI is InChI=1S/C17H20N2O3S2/c1-11(22-17(21)12-7-8-23-10-12)16(20)19(2)9-15-18-13-5-3-4-6-14(13)24-15/h3-6,11-12H,7-10H2,1-2H3. The Morgan fingerprint density at radius 2 is 2.21 bits per heavy atom. The SMILES string of the molecule is CC(OC(=O)C1CCSC1)C(=O)N(C)Cc1nc2ccccc2s1. The number of esters is 1. The molecule has 1 aliphatic rings. The summed E-state index contributed by atoms with van der Waals surface area (Å²) >= 11 is 3.33. The molecule has 2 unspecified atom stereocenters. The summed E-state index contributed by atoms with van der Waals surface area (Å²) in [6, 6.07) is 7.90. The molecular weight excluding hydrogens is 344 g/mol. The van der Waals surface area contributed by atoms with Gasteiger partial charge in [-0.25, -0.2) is 4.98 Å². The molecule has 1 amide bonds. The number of rotatable bonds is 5. The number of likely N-dealkylation sites (N-methyl/N-ethyl adjacent to an activating group) is 1. The van der Waals surface area contributed by atoms with E-state index in [-0.39, 0.29) is 17.8 Å². The van der Waals surface area contributed by atoms with Gasteiger partial charge in [0.05, 0.1) is 22.7 Å². The molecule has 24 heavy (non-hydrogen) atoms. The molecule has 0 saturated carbocycles. The van der Waals surface area contributed by atoms with Crippen molar-refractivity contribution in [2.24, 2.45) is 5.92 Å². The zero-order valence-corrected chi connectivity index (χ0v) is 15.4. The zero-order valence-electron chi connectivity index (χ0n) is 13.7. The van der Waals surface area contributed by atoms with Gasteiger partial charge in [0.2, 0.25) is 0 Å². The van der Waals surface area contributed by atoms with E-state index in [1.807, 2.05) is 24.3 Å². The molecule has 1 aromatic carbocycles. The Morgan fingerprint density at radius 3 is 2.92 bits per heavy atom. The Labute approximate surface area is 149 Å². The van der Waals surface area contributed by atoms with Crippen LogP contribution < -0.4 is 0 Å². The molecule has 0 aliphatic carbocycles. The van der Waals surface area contributed by atoms with E-state index in [1.165, 1.54) is 0 Å². The van der Waals surface area contributed by atoms with Crippen molar-refractivity contribution < 1.29 is 14.3 Å². The van der Waals surface area contributed by atoms with Crippen molar-refractivity contribution in [3.8, 4) is 0 Å². The first-order valence-electron chi connectivity index (χ1n) is 7.92. The highest BCUT2D eigenvalue weighted by Crippen LogP contribution is 2.25. The smallest absolute Gasteiger partial charge is 0.310 e. The molecule has 0 radical (unpaired) electrons. The highest BCUT2D eigenvalue weighted by atomic mass is 32.2. The first-order valence-corrected chi connectivity index (χ1v) is 9.89. The van der Waals surface area contributed by atoms with Gasteiger partial charge in [-0.1, -0.05) is 12.1 Å². The van der Waals surface area contributed by atoms with E-state index >= 15 is 0 Å². The molecule has 1 aromatic heterocycles. The summed E-state index contributed by atoms with van der Waals surface area (Å²) in [7, 11) is 1.71. The van der Waals surface area contributed by atoms with Crippen LogP contribution in [-0.4, -0.2) is 46.4 Å². The second-order valence-corrected chi connectivity index (χ2v) is 8.17. The quantitative estimate of drug-likeness (QED) is 0.764. The largest absolute Gasteiger partial charge is 0.452 e. The fraction of sp³-hybridized carbons (Fsp3) is 0.471. The molecule has 1 saturated heterocycles. The number of amides is 1. The van der Waals surface area contributed by atoms with Crippen molar-refractivity contribution in [3.63, 3.8) is 0 Å². The fourth-order valence-electron chi connectivity index (χ4n) is 2.62. The lowest BCUT2D eigenvalue weighted by atomic mass is 10.1. The maximum atomic E-state index is 12.4. The Balaban J connectivity index is 1.57. The van der Waals surface area contributed by atoms with Crippen molar-refractivity contribution in [2.45, 2.75) is 26.0 Å². The Morgan fingerprint density at radius 1 is 1.42 bits per heavy atom. The summed E-state index contributed by atoms with van der Waals surface area (Å²) < 4.78 is 6.46. The molecular formula is C17H20N2O3S2. The van der Waals surface area contributed by atoms with Crippen molar-refractivity contribution in [1.29, 1.82) is 0 Å². The highest BCUT2D eigenvalue weighted by Gasteiger charge is 2.29. The number of nitrogens with zero attached hydrogens (tertiary/aromatic N) is 2. The van der Waals surface area contributed by atoms with Crippen molar-refractivity contribution in [1.82, 2.24) is 9.88 Å². The number of thioether (sulfide) groups is 1. The number of carbonyl (C=O) groups is 2. The van der Waals surface area contributed by atoms with Gasteiger partial charge in [0.15, 0.2) is 6.10 Å². The first kappa shape index (κ1) is 17.2. The number of para-hydroxylation sites is 1. The molecule has 0 bridgehead atoms. The van der Waals surface area contributed by atoms with Gasteiger partial charge in [-0.2, -0.15) is 11.8 Å². The van der Waals surface area contributed by atoms with E-state index in [0.29, 0.717) is 6.54 Å². The number of thiazole rings is 1. The van der Waals surface area contributed by atoms with E-state index in [2.05, 4.69) is 4.98 Å². The van der Waals surface area contributed by atoms with Gasteiger partial charge in [-0.15, -0.1) is 11.3 Å². The number of hydrogen-bond donors (Lipinski definition) is 0. The number of benzene rings is 1. The van der Waals surface area contributed by atoms with Gasteiger partial charge in [-0.3, -0.25) is 9.59 Å². The topological polar surface area (TPSA) is 59.5 Å². The molecule has 2 aromatic rings. The lowest BCUT2D eigenvalue weighted by molar-refractivity contribution is -0.161.